The monoisotopic (exact) mass is 296 g/mol. The molecular weight excluding hydrogens is 272 g/mol. The summed E-state index contributed by atoms with van der Waals surface area (Å²) in [6, 6.07) is 5.83. The number of carbonyl (C=O) groups is 1. The molecule has 3 nitrogen and oxygen atoms in total. The number of amides is 1. The summed E-state index contributed by atoms with van der Waals surface area (Å²) in [7, 11) is 0. The van der Waals surface area contributed by atoms with Gasteiger partial charge in [-0.2, -0.15) is 0 Å². The van der Waals surface area contributed by atoms with Gasteiger partial charge in [0.25, 0.3) is 5.91 Å². The first-order chi connectivity index (χ1) is 9.02. The Kier molecular flexibility index (Phi) is 6.03. The summed E-state index contributed by atoms with van der Waals surface area (Å²) in [5, 5.41) is 3.01. The van der Waals surface area contributed by atoms with Crippen molar-refractivity contribution in [3.05, 3.63) is 34.9 Å². The molecule has 1 fully saturated rings. The normalized spacial score (nSPS) is 17.1. The van der Waals surface area contributed by atoms with E-state index in [9.17, 15) is 4.79 Å². The Bertz CT molecular complexity index is 468. The number of nitrogens with two attached hydrogens (primary N) is 1. The number of carbonyl (C=O) groups excluding carboxylic acids is 1. The Hall–Kier alpha value is -1.06. The van der Waals surface area contributed by atoms with Crippen molar-refractivity contribution >= 4 is 18.3 Å². The zero-order valence-corrected chi connectivity index (χ0v) is 13.2. The van der Waals surface area contributed by atoms with Crippen LogP contribution >= 0.6 is 12.4 Å². The van der Waals surface area contributed by atoms with E-state index in [2.05, 4.69) is 5.32 Å². The topological polar surface area (TPSA) is 55.1 Å². The van der Waals surface area contributed by atoms with Crippen molar-refractivity contribution in [3.8, 4) is 0 Å². The van der Waals surface area contributed by atoms with Gasteiger partial charge in [-0.05, 0) is 43.9 Å². The van der Waals surface area contributed by atoms with Crippen LogP contribution in [0.3, 0.4) is 0 Å². The third kappa shape index (κ3) is 3.97. The number of halogens is 1. The quantitative estimate of drug-likeness (QED) is 0.900. The molecule has 2 rings (SSSR count). The van der Waals surface area contributed by atoms with E-state index in [1.807, 2.05) is 32.0 Å². The van der Waals surface area contributed by atoms with Crippen LogP contribution in [0.5, 0.6) is 0 Å². The molecule has 1 amide bonds. The van der Waals surface area contributed by atoms with Gasteiger partial charge >= 0.3 is 0 Å². The predicted molar refractivity (Wildman–Crippen MR) is 85.5 cm³/mol. The van der Waals surface area contributed by atoms with E-state index in [0.29, 0.717) is 6.54 Å². The number of hydrogen-bond donors (Lipinski definition) is 2. The molecule has 20 heavy (non-hydrogen) atoms. The molecule has 0 unspecified atom stereocenters. The molecule has 0 bridgehead atoms. The molecule has 1 saturated carbocycles. The van der Waals surface area contributed by atoms with Crippen LogP contribution in [-0.2, 0) is 0 Å². The molecule has 4 heteroatoms. The second-order valence-electron chi connectivity index (χ2n) is 5.85. The number of hydrogen-bond acceptors (Lipinski definition) is 2. The SMILES string of the molecule is Cc1cccc(C(=O)NCC2(N)CCCCC2)c1C.Cl. The van der Waals surface area contributed by atoms with E-state index in [0.717, 1.165) is 29.5 Å². The van der Waals surface area contributed by atoms with Crippen molar-refractivity contribution in [2.45, 2.75) is 51.5 Å². The highest BCUT2D eigenvalue weighted by atomic mass is 35.5. The molecule has 3 N–H and O–H groups in total. The number of benzene rings is 1. The van der Waals surface area contributed by atoms with Gasteiger partial charge in [0.05, 0.1) is 0 Å². The molecule has 112 valence electrons. The number of rotatable bonds is 3. The first kappa shape index (κ1) is 17.0. The fraction of sp³-hybridized carbons (Fsp3) is 0.562. The van der Waals surface area contributed by atoms with Crippen molar-refractivity contribution in [2.75, 3.05) is 6.54 Å². The van der Waals surface area contributed by atoms with E-state index in [1.165, 1.54) is 19.3 Å². The fourth-order valence-electron chi connectivity index (χ4n) is 2.78. The molecule has 1 aliphatic rings. The van der Waals surface area contributed by atoms with E-state index in [1.54, 1.807) is 0 Å². The zero-order valence-electron chi connectivity index (χ0n) is 12.4. The fourth-order valence-corrected chi connectivity index (χ4v) is 2.78. The summed E-state index contributed by atoms with van der Waals surface area (Å²) < 4.78 is 0. The van der Waals surface area contributed by atoms with Crippen LogP contribution in [0.4, 0.5) is 0 Å². The Morgan fingerprint density at radius 2 is 1.90 bits per heavy atom. The number of nitrogens with one attached hydrogen (secondary N) is 1. The Balaban J connectivity index is 0.00000200. The summed E-state index contributed by atoms with van der Waals surface area (Å²) >= 11 is 0. The molecule has 0 spiro atoms. The molecular formula is C16H25ClN2O. The van der Waals surface area contributed by atoms with Gasteiger partial charge in [0.15, 0.2) is 0 Å². The van der Waals surface area contributed by atoms with Gasteiger partial charge in [-0.3, -0.25) is 4.79 Å². The summed E-state index contributed by atoms with van der Waals surface area (Å²) in [5.74, 6) is -0.00315. The summed E-state index contributed by atoms with van der Waals surface area (Å²) in [4.78, 5) is 12.2. The average molecular weight is 297 g/mol. The standard InChI is InChI=1S/C16H24N2O.ClH/c1-12-7-6-8-14(13(12)2)15(19)18-11-16(17)9-4-3-5-10-16;/h6-8H,3-5,9-11,17H2,1-2H3,(H,18,19);1H. The van der Waals surface area contributed by atoms with E-state index in [4.69, 9.17) is 5.73 Å². The minimum Gasteiger partial charge on any atom is -0.350 e. The van der Waals surface area contributed by atoms with Crippen molar-refractivity contribution in [1.82, 2.24) is 5.32 Å². The maximum absolute atomic E-state index is 12.2. The molecule has 0 aliphatic heterocycles. The molecule has 1 aromatic rings. The van der Waals surface area contributed by atoms with Crippen LogP contribution in [0.1, 0.15) is 53.6 Å². The highest BCUT2D eigenvalue weighted by Gasteiger charge is 2.27. The van der Waals surface area contributed by atoms with Crippen molar-refractivity contribution < 1.29 is 4.79 Å². The number of aryl methyl sites for hydroxylation is 1. The van der Waals surface area contributed by atoms with Crippen molar-refractivity contribution in [2.24, 2.45) is 5.73 Å². The molecule has 0 saturated heterocycles. The van der Waals surface area contributed by atoms with Crippen molar-refractivity contribution in [3.63, 3.8) is 0 Å². The Morgan fingerprint density at radius 3 is 2.55 bits per heavy atom. The third-order valence-corrected chi connectivity index (χ3v) is 4.30. The highest BCUT2D eigenvalue weighted by Crippen LogP contribution is 2.25. The van der Waals surface area contributed by atoms with Crippen LogP contribution in [-0.4, -0.2) is 18.0 Å². The third-order valence-electron chi connectivity index (χ3n) is 4.30. The molecule has 1 aromatic carbocycles. The summed E-state index contributed by atoms with van der Waals surface area (Å²) in [6.45, 7) is 4.60. The predicted octanol–water partition coefficient (Wildman–Crippen LogP) is 3.12. The smallest absolute Gasteiger partial charge is 0.251 e. The van der Waals surface area contributed by atoms with Crippen molar-refractivity contribution in [1.29, 1.82) is 0 Å². The van der Waals surface area contributed by atoms with Gasteiger partial charge in [-0.15, -0.1) is 12.4 Å². The molecule has 1 aliphatic carbocycles. The molecule has 0 aromatic heterocycles. The first-order valence-electron chi connectivity index (χ1n) is 7.15. The van der Waals surface area contributed by atoms with Crippen LogP contribution in [0.15, 0.2) is 18.2 Å². The minimum absolute atomic E-state index is 0. The van der Waals surface area contributed by atoms with Crippen LogP contribution in [0.2, 0.25) is 0 Å². The van der Waals surface area contributed by atoms with Gasteiger partial charge in [-0.1, -0.05) is 31.4 Å². The maximum atomic E-state index is 12.2. The van der Waals surface area contributed by atoms with E-state index >= 15 is 0 Å². The van der Waals surface area contributed by atoms with Crippen LogP contribution in [0, 0.1) is 13.8 Å². The highest BCUT2D eigenvalue weighted by molar-refractivity contribution is 5.95. The van der Waals surface area contributed by atoms with Gasteiger partial charge in [0.2, 0.25) is 0 Å². The molecule has 0 heterocycles. The largest absolute Gasteiger partial charge is 0.350 e. The van der Waals surface area contributed by atoms with E-state index < -0.39 is 0 Å². The van der Waals surface area contributed by atoms with Gasteiger partial charge in [0, 0.05) is 17.6 Å². The Morgan fingerprint density at radius 1 is 1.25 bits per heavy atom. The van der Waals surface area contributed by atoms with Gasteiger partial charge in [-0.25, -0.2) is 0 Å². The van der Waals surface area contributed by atoms with Crippen LogP contribution in [0.25, 0.3) is 0 Å². The lowest BCUT2D eigenvalue weighted by Gasteiger charge is -2.33. The summed E-state index contributed by atoms with van der Waals surface area (Å²) in [5.41, 5.74) is 9.10. The summed E-state index contributed by atoms with van der Waals surface area (Å²) in [6.07, 6.45) is 5.65. The zero-order chi connectivity index (χ0) is 13.9. The lowest BCUT2D eigenvalue weighted by molar-refractivity contribution is 0.0937. The van der Waals surface area contributed by atoms with Crippen LogP contribution < -0.4 is 11.1 Å². The van der Waals surface area contributed by atoms with Gasteiger partial charge < -0.3 is 11.1 Å². The maximum Gasteiger partial charge on any atom is 0.251 e. The lowest BCUT2D eigenvalue weighted by Crippen LogP contribution is -2.51. The minimum atomic E-state index is -0.203. The first-order valence-corrected chi connectivity index (χ1v) is 7.15. The lowest BCUT2D eigenvalue weighted by atomic mass is 9.82. The van der Waals surface area contributed by atoms with E-state index in [-0.39, 0.29) is 23.9 Å². The average Bonchev–Trinajstić information content (AvgIpc) is 2.40. The van der Waals surface area contributed by atoms with Gasteiger partial charge in [0.1, 0.15) is 0 Å². The second kappa shape index (κ2) is 7.09. The molecule has 0 atom stereocenters. The Labute approximate surface area is 127 Å². The molecule has 0 radical (unpaired) electrons. The second-order valence-corrected chi connectivity index (χ2v) is 5.85.